The molecule has 0 aliphatic heterocycles. The van der Waals surface area contributed by atoms with Crippen molar-refractivity contribution >= 4 is 11.9 Å². The molecule has 0 saturated carbocycles. The number of carbonyl (C=O) groups is 2. The Morgan fingerprint density at radius 3 is 2.50 bits per heavy atom. The van der Waals surface area contributed by atoms with E-state index in [1.807, 2.05) is 19.1 Å². The van der Waals surface area contributed by atoms with Crippen molar-refractivity contribution in [3.63, 3.8) is 0 Å². The molecule has 8 heteroatoms. The van der Waals surface area contributed by atoms with E-state index >= 15 is 0 Å². The van der Waals surface area contributed by atoms with Gasteiger partial charge in [0.15, 0.2) is 11.5 Å². The number of rotatable bonds is 10. The Morgan fingerprint density at radius 2 is 1.87 bits per heavy atom. The van der Waals surface area contributed by atoms with Gasteiger partial charge in [0.1, 0.15) is 12.3 Å². The van der Waals surface area contributed by atoms with Crippen LogP contribution in [-0.2, 0) is 9.47 Å². The van der Waals surface area contributed by atoms with Crippen LogP contribution in [0.25, 0.3) is 0 Å². The van der Waals surface area contributed by atoms with E-state index in [4.69, 9.17) is 18.9 Å². The molecule has 1 unspecified atom stereocenters. The Balaban J connectivity index is 2.16. The largest absolute Gasteiger partial charge is 0.493 e. The molecule has 30 heavy (non-hydrogen) atoms. The maximum Gasteiger partial charge on any atom is 0.340 e. The molecule has 164 valence electrons. The number of nitrogens with one attached hydrogen (secondary N) is 2. The summed E-state index contributed by atoms with van der Waals surface area (Å²) >= 11 is 0. The second-order valence-corrected chi connectivity index (χ2v) is 6.79. The number of amides is 1. The molecule has 0 spiro atoms. The highest BCUT2D eigenvalue weighted by Crippen LogP contribution is 2.30. The first-order chi connectivity index (χ1) is 14.3. The molecule has 0 aliphatic carbocycles. The van der Waals surface area contributed by atoms with E-state index in [0.717, 1.165) is 5.56 Å². The Labute approximate surface area is 176 Å². The van der Waals surface area contributed by atoms with E-state index < -0.39 is 5.97 Å². The molecule has 0 radical (unpaired) electrons. The van der Waals surface area contributed by atoms with Crippen LogP contribution < -0.4 is 14.8 Å². The van der Waals surface area contributed by atoms with Crippen molar-refractivity contribution in [2.75, 3.05) is 34.0 Å². The number of ether oxygens (including phenoxy) is 4. The fraction of sp³-hybridized carbons (Fsp3) is 0.455. The summed E-state index contributed by atoms with van der Waals surface area (Å²) < 4.78 is 21.1. The highest BCUT2D eigenvalue weighted by Gasteiger charge is 2.24. The van der Waals surface area contributed by atoms with Crippen molar-refractivity contribution < 1.29 is 28.5 Å². The Kier molecular flexibility index (Phi) is 8.29. The quantitative estimate of drug-likeness (QED) is 0.454. The molecule has 0 fully saturated rings. The zero-order chi connectivity index (χ0) is 22.3. The molecule has 2 rings (SSSR count). The predicted octanol–water partition coefficient (Wildman–Crippen LogP) is 3.33. The monoisotopic (exact) mass is 418 g/mol. The standard InChI is InChI=1S/C22H30N2O6/c1-7-29-22(26)19-13(2)20(23-15(19)4)21(25)24-14(3)16-8-9-17(18(12-16)28-6)30-11-10-27-5/h8-9,12,14,23H,7,10-11H2,1-6H3,(H,24,25). The van der Waals surface area contributed by atoms with Gasteiger partial charge in [0.05, 0.1) is 31.9 Å². The lowest BCUT2D eigenvalue weighted by molar-refractivity contribution is 0.0525. The average molecular weight is 418 g/mol. The zero-order valence-corrected chi connectivity index (χ0v) is 18.4. The van der Waals surface area contributed by atoms with Crippen LogP contribution in [0.5, 0.6) is 11.5 Å². The van der Waals surface area contributed by atoms with Crippen molar-refractivity contribution in [3.05, 3.63) is 46.3 Å². The third-order valence-corrected chi connectivity index (χ3v) is 4.72. The SMILES string of the molecule is CCOC(=O)c1c(C)[nH]c(C(=O)NC(C)c2ccc(OCCOC)c(OC)c2)c1C. The first kappa shape index (κ1) is 23.3. The second-order valence-electron chi connectivity index (χ2n) is 6.79. The number of methoxy groups -OCH3 is 2. The minimum absolute atomic E-state index is 0.272. The van der Waals surface area contributed by atoms with Crippen molar-refractivity contribution in [1.29, 1.82) is 0 Å². The topological polar surface area (TPSA) is 98.9 Å². The molecule has 0 saturated heterocycles. The summed E-state index contributed by atoms with van der Waals surface area (Å²) in [7, 11) is 3.17. The average Bonchev–Trinajstić information content (AvgIpc) is 3.02. The highest BCUT2D eigenvalue weighted by atomic mass is 16.5. The van der Waals surface area contributed by atoms with E-state index in [-0.39, 0.29) is 18.6 Å². The molecule has 8 nitrogen and oxygen atoms in total. The lowest BCUT2D eigenvalue weighted by atomic mass is 10.1. The molecule has 1 atom stereocenters. The van der Waals surface area contributed by atoms with Crippen LogP contribution in [0.1, 0.15) is 57.6 Å². The fourth-order valence-corrected chi connectivity index (χ4v) is 3.15. The summed E-state index contributed by atoms with van der Waals surface area (Å²) in [6, 6.07) is 5.19. The summed E-state index contributed by atoms with van der Waals surface area (Å²) in [5, 5.41) is 2.95. The zero-order valence-electron chi connectivity index (χ0n) is 18.4. The predicted molar refractivity (Wildman–Crippen MR) is 112 cm³/mol. The van der Waals surface area contributed by atoms with Gasteiger partial charge in [-0.25, -0.2) is 4.79 Å². The minimum Gasteiger partial charge on any atom is -0.493 e. The van der Waals surface area contributed by atoms with Crippen LogP contribution >= 0.6 is 0 Å². The lowest BCUT2D eigenvalue weighted by Gasteiger charge is -2.17. The van der Waals surface area contributed by atoms with Gasteiger partial charge in [0, 0.05) is 12.8 Å². The molecular weight excluding hydrogens is 388 g/mol. The van der Waals surface area contributed by atoms with Gasteiger partial charge >= 0.3 is 5.97 Å². The third-order valence-electron chi connectivity index (χ3n) is 4.72. The molecule has 1 heterocycles. The molecule has 1 aromatic heterocycles. The van der Waals surface area contributed by atoms with Crippen molar-refractivity contribution in [2.45, 2.75) is 33.7 Å². The van der Waals surface area contributed by atoms with Crippen LogP contribution in [-0.4, -0.2) is 50.9 Å². The van der Waals surface area contributed by atoms with Crippen LogP contribution in [0.2, 0.25) is 0 Å². The number of H-pyrrole nitrogens is 1. The molecule has 0 bridgehead atoms. The van der Waals surface area contributed by atoms with Crippen molar-refractivity contribution in [3.8, 4) is 11.5 Å². The summed E-state index contributed by atoms with van der Waals surface area (Å²) in [4.78, 5) is 28.0. The normalized spacial score (nSPS) is 11.7. The van der Waals surface area contributed by atoms with Gasteiger partial charge in [-0.3, -0.25) is 4.79 Å². The molecule has 2 aromatic rings. The number of benzene rings is 1. The van der Waals surface area contributed by atoms with Gasteiger partial charge in [-0.2, -0.15) is 0 Å². The number of aryl methyl sites for hydroxylation is 1. The number of esters is 1. The summed E-state index contributed by atoms with van der Waals surface area (Å²) in [6.07, 6.45) is 0. The molecular formula is C22H30N2O6. The van der Waals surface area contributed by atoms with Gasteiger partial charge in [0.2, 0.25) is 0 Å². The van der Waals surface area contributed by atoms with Crippen LogP contribution in [0.3, 0.4) is 0 Å². The van der Waals surface area contributed by atoms with E-state index in [2.05, 4.69) is 10.3 Å². The van der Waals surface area contributed by atoms with E-state index in [1.54, 1.807) is 41.1 Å². The van der Waals surface area contributed by atoms with E-state index in [9.17, 15) is 9.59 Å². The first-order valence-corrected chi connectivity index (χ1v) is 9.80. The Morgan fingerprint density at radius 1 is 1.13 bits per heavy atom. The maximum absolute atomic E-state index is 12.8. The number of hydrogen-bond donors (Lipinski definition) is 2. The first-order valence-electron chi connectivity index (χ1n) is 9.80. The summed E-state index contributed by atoms with van der Waals surface area (Å²) in [5.74, 6) is 0.427. The van der Waals surface area contributed by atoms with Crippen LogP contribution in [0, 0.1) is 13.8 Å². The van der Waals surface area contributed by atoms with Gasteiger partial charge in [-0.05, 0) is 51.0 Å². The fourth-order valence-electron chi connectivity index (χ4n) is 3.15. The Bertz CT molecular complexity index is 890. The number of aromatic amines is 1. The summed E-state index contributed by atoms with van der Waals surface area (Å²) in [6.45, 7) is 8.24. The highest BCUT2D eigenvalue weighted by molar-refractivity contribution is 6.00. The van der Waals surface area contributed by atoms with Crippen LogP contribution in [0.15, 0.2) is 18.2 Å². The smallest absolute Gasteiger partial charge is 0.340 e. The van der Waals surface area contributed by atoms with E-state index in [0.29, 0.717) is 47.2 Å². The Hall–Kier alpha value is -3.00. The van der Waals surface area contributed by atoms with Gasteiger partial charge in [0.25, 0.3) is 5.91 Å². The molecule has 1 aromatic carbocycles. The van der Waals surface area contributed by atoms with Crippen molar-refractivity contribution in [2.24, 2.45) is 0 Å². The van der Waals surface area contributed by atoms with E-state index in [1.165, 1.54) is 0 Å². The van der Waals surface area contributed by atoms with Gasteiger partial charge in [-0.1, -0.05) is 6.07 Å². The molecule has 2 N–H and O–H groups in total. The number of hydrogen-bond acceptors (Lipinski definition) is 6. The molecule has 0 aliphatic rings. The van der Waals surface area contributed by atoms with Crippen molar-refractivity contribution in [1.82, 2.24) is 10.3 Å². The van der Waals surface area contributed by atoms with Gasteiger partial charge < -0.3 is 29.2 Å². The summed E-state index contributed by atoms with van der Waals surface area (Å²) in [5.41, 5.74) is 2.76. The number of carbonyl (C=O) groups excluding carboxylic acids is 2. The number of aromatic nitrogens is 1. The van der Waals surface area contributed by atoms with Crippen LogP contribution in [0.4, 0.5) is 0 Å². The molecule has 1 amide bonds. The third kappa shape index (κ3) is 5.33. The maximum atomic E-state index is 12.8. The van der Waals surface area contributed by atoms with Gasteiger partial charge in [-0.15, -0.1) is 0 Å². The minimum atomic E-state index is -0.440. The second kappa shape index (κ2) is 10.7. The lowest BCUT2D eigenvalue weighted by Crippen LogP contribution is -2.27.